The Bertz CT molecular complexity index is 516. The van der Waals surface area contributed by atoms with Crippen molar-refractivity contribution < 1.29 is 9.59 Å². The highest BCUT2D eigenvalue weighted by Crippen LogP contribution is 2.27. The van der Waals surface area contributed by atoms with Crippen molar-refractivity contribution in [1.29, 1.82) is 0 Å². The van der Waals surface area contributed by atoms with Crippen LogP contribution in [-0.4, -0.2) is 29.4 Å². The summed E-state index contributed by atoms with van der Waals surface area (Å²) >= 11 is 1.85. The lowest BCUT2D eigenvalue weighted by atomic mass is 9.94. The molecule has 2 atom stereocenters. The van der Waals surface area contributed by atoms with Crippen molar-refractivity contribution in [1.82, 2.24) is 10.6 Å². The number of carbonyl (C=O) groups excluding carboxylic acids is 2. The summed E-state index contributed by atoms with van der Waals surface area (Å²) in [7, 11) is 0. The molecule has 0 heterocycles. The van der Waals surface area contributed by atoms with Crippen LogP contribution in [0.3, 0.4) is 0 Å². The van der Waals surface area contributed by atoms with Crippen LogP contribution in [-0.2, 0) is 11.3 Å². The molecule has 0 saturated heterocycles. The van der Waals surface area contributed by atoms with Gasteiger partial charge in [-0.2, -0.15) is 11.8 Å². The van der Waals surface area contributed by atoms with Gasteiger partial charge in [0.2, 0.25) is 5.91 Å². The van der Waals surface area contributed by atoms with Crippen LogP contribution < -0.4 is 10.6 Å². The zero-order valence-electron chi connectivity index (χ0n) is 13.2. The number of benzene rings is 1. The highest BCUT2D eigenvalue weighted by atomic mass is 32.2. The van der Waals surface area contributed by atoms with Gasteiger partial charge in [-0.25, -0.2) is 0 Å². The fourth-order valence-corrected chi connectivity index (χ4v) is 3.73. The van der Waals surface area contributed by atoms with Crippen LogP contribution in [0.25, 0.3) is 0 Å². The van der Waals surface area contributed by atoms with E-state index in [4.69, 9.17) is 0 Å². The predicted molar refractivity (Wildman–Crippen MR) is 91.0 cm³/mol. The minimum absolute atomic E-state index is 0.00275. The first kappa shape index (κ1) is 16.9. The third kappa shape index (κ3) is 4.77. The Kier molecular flexibility index (Phi) is 6.31. The predicted octanol–water partition coefficient (Wildman–Crippen LogP) is 2.73. The maximum atomic E-state index is 12.4. The van der Waals surface area contributed by atoms with E-state index in [1.807, 2.05) is 36.0 Å². The molecule has 0 radical (unpaired) electrons. The number of rotatable bonds is 5. The summed E-state index contributed by atoms with van der Waals surface area (Å²) in [4.78, 5) is 23.3. The monoisotopic (exact) mass is 320 g/mol. The lowest BCUT2D eigenvalue weighted by molar-refractivity contribution is -0.119. The summed E-state index contributed by atoms with van der Waals surface area (Å²) in [6.07, 6.45) is 6.82. The van der Waals surface area contributed by atoms with Gasteiger partial charge in [-0.3, -0.25) is 9.59 Å². The molecule has 0 aromatic heterocycles. The van der Waals surface area contributed by atoms with Crippen molar-refractivity contribution in [3.63, 3.8) is 0 Å². The van der Waals surface area contributed by atoms with E-state index < -0.39 is 0 Å². The third-order valence-electron chi connectivity index (χ3n) is 4.08. The lowest BCUT2D eigenvalue weighted by Gasteiger charge is -2.30. The van der Waals surface area contributed by atoms with E-state index in [2.05, 4.69) is 16.9 Å². The first-order valence-electron chi connectivity index (χ1n) is 7.77. The first-order valence-corrected chi connectivity index (χ1v) is 9.06. The normalized spacial score (nSPS) is 21.2. The molecule has 2 N–H and O–H groups in total. The van der Waals surface area contributed by atoms with Gasteiger partial charge in [0.15, 0.2) is 0 Å². The minimum atomic E-state index is -0.0535. The minimum Gasteiger partial charge on any atom is -0.352 e. The topological polar surface area (TPSA) is 58.2 Å². The molecular weight excluding hydrogens is 296 g/mol. The SMILES string of the molecule is CS[C@H]1CCCC[C@H]1NC(=O)c1ccc(CNC(C)=O)cc1. The Labute approximate surface area is 136 Å². The number of thioether (sulfide) groups is 1. The fraction of sp³-hybridized carbons (Fsp3) is 0.529. The zero-order valence-corrected chi connectivity index (χ0v) is 14.0. The van der Waals surface area contributed by atoms with Gasteiger partial charge in [-0.15, -0.1) is 0 Å². The number of hydrogen-bond donors (Lipinski definition) is 2. The van der Waals surface area contributed by atoms with Gasteiger partial charge in [-0.1, -0.05) is 25.0 Å². The average Bonchev–Trinajstić information content (AvgIpc) is 2.54. The molecule has 2 rings (SSSR count). The largest absolute Gasteiger partial charge is 0.352 e. The quantitative estimate of drug-likeness (QED) is 0.877. The lowest BCUT2D eigenvalue weighted by Crippen LogP contribution is -2.43. The Morgan fingerprint density at radius 3 is 2.50 bits per heavy atom. The van der Waals surface area contributed by atoms with Crippen molar-refractivity contribution in [2.75, 3.05) is 6.26 Å². The fourth-order valence-electron chi connectivity index (χ4n) is 2.80. The van der Waals surface area contributed by atoms with Crippen LogP contribution in [0, 0.1) is 0 Å². The van der Waals surface area contributed by atoms with Crippen LogP contribution in [0.1, 0.15) is 48.5 Å². The molecule has 1 aromatic carbocycles. The van der Waals surface area contributed by atoms with Gasteiger partial charge in [0.1, 0.15) is 0 Å². The van der Waals surface area contributed by atoms with Crippen LogP contribution in [0.15, 0.2) is 24.3 Å². The molecule has 1 aromatic rings. The van der Waals surface area contributed by atoms with Gasteiger partial charge in [0.05, 0.1) is 0 Å². The molecule has 1 aliphatic rings. The second kappa shape index (κ2) is 8.22. The number of amides is 2. The highest BCUT2D eigenvalue weighted by Gasteiger charge is 2.25. The van der Waals surface area contributed by atoms with E-state index in [0.717, 1.165) is 12.0 Å². The summed E-state index contributed by atoms with van der Waals surface area (Å²) in [5.74, 6) is -0.0562. The van der Waals surface area contributed by atoms with E-state index in [9.17, 15) is 9.59 Å². The van der Waals surface area contributed by atoms with E-state index in [1.54, 1.807) is 0 Å². The third-order valence-corrected chi connectivity index (χ3v) is 5.25. The van der Waals surface area contributed by atoms with Crippen LogP contribution in [0.5, 0.6) is 0 Å². The number of carbonyl (C=O) groups is 2. The first-order chi connectivity index (χ1) is 10.6. The highest BCUT2D eigenvalue weighted by molar-refractivity contribution is 7.99. The standard InChI is InChI=1S/C17H24N2O2S/c1-12(20)18-11-13-7-9-14(10-8-13)17(21)19-15-5-3-4-6-16(15)22-2/h7-10,15-16H,3-6,11H2,1-2H3,(H,18,20)(H,19,21)/t15-,16+/m1/s1. The van der Waals surface area contributed by atoms with Crippen molar-refractivity contribution >= 4 is 23.6 Å². The maximum Gasteiger partial charge on any atom is 0.251 e. The summed E-state index contributed by atoms with van der Waals surface area (Å²) in [6.45, 7) is 1.99. The van der Waals surface area contributed by atoms with Crippen LogP contribution in [0.4, 0.5) is 0 Å². The molecule has 120 valence electrons. The summed E-state index contributed by atoms with van der Waals surface area (Å²) < 4.78 is 0. The molecule has 4 nitrogen and oxygen atoms in total. The van der Waals surface area contributed by atoms with Crippen LogP contribution in [0.2, 0.25) is 0 Å². The molecule has 5 heteroatoms. The zero-order chi connectivity index (χ0) is 15.9. The molecule has 2 amide bonds. The summed E-state index contributed by atoms with van der Waals surface area (Å²) in [5.41, 5.74) is 1.67. The van der Waals surface area contributed by atoms with Gasteiger partial charge in [0.25, 0.3) is 5.91 Å². The van der Waals surface area contributed by atoms with Gasteiger partial charge in [0, 0.05) is 30.3 Å². The molecule has 22 heavy (non-hydrogen) atoms. The van der Waals surface area contributed by atoms with E-state index in [-0.39, 0.29) is 17.9 Å². The van der Waals surface area contributed by atoms with Crippen molar-refractivity contribution in [3.8, 4) is 0 Å². The Balaban J connectivity index is 1.93. The van der Waals surface area contributed by atoms with Gasteiger partial charge in [-0.05, 0) is 36.8 Å². The molecule has 0 bridgehead atoms. The van der Waals surface area contributed by atoms with E-state index in [0.29, 0.717) is 17.4 Å². The van der Waals surface area contributed by atoms with Crippen molar-refractivity contribution in [2.24, 2.45) is 0 Å². The molecule has 0 unspecified atom stereocenters. The molecule has 0 spiro atoms. The summed E-state index contributed by atoms with van der Waals surface area (Å²) in [5, 5.41) is 6.45. The second-order valence-electron chi connectivity index (χ2n) is 5.75. The van der Waals surface area contributed by atoms with Gasteiger partial charge >= 0.3 is 0 Å². The molecule has 0 aliphatic heterocycles. The number of nitrogens with one attached hydrogen (secondary N) is 2. The average molecular weight is 320 g/mol. The molecule has 1 fully saturated rings. The van der Waals surface area contributed by atoms with Crippen molar-refractivity contribution in [2.45, 2.75) is 50.4 Å². The second-order valence-corrected chi connectivity index (χ2v) is 6.82. The van der Waals surface area contributed by atoms with Crippen LogP contribution >= 0.6 is 11.8 Å². The smallest absolute Gasteiger partial charge is 0.251 e. The van der Waals surface area contributed by atoms with E-state index in [1.165, 1.54) is 26.2 Å². The van der Waals surface area contributed by atoms with Gasteiger partial charge < -0.3 is 10.6 Å². The summed E-state index contributed by atoms with van der Waals surface area (Å²) in [6, 6.07) is 7.69. The van der Waals surface area contributed by atoms with Crippen molar-refractivity contribution in [3.05, 3.63) is 35.4 Å². The Morgan fingerprint density at radius 1 is 1.18 bits per heavy atom. The Morgan fingerprint density at radius 2 is 1.86 bits per heavy atom. The molecule has 1 saturated carbocycles. The number of hydrogen-bond acceptors (Lipinski definition) is 3. The Hall–Kier alpha value is -1.49. The molecular formula is C17H24N2O2S. The maximum absolute atomic E-state index is 12.4. The van der Waals surface area contributed by atoms with E-state index >= 15 is 0 Å². The molecule has 1 aliphatic carbocycles.